The summed E-state index contributed by atoms with van der Waals surface area (Å²) in [4.78, 5) is 8.56. The Hall–Kier alpha value is 1.23. The topological polar surface area (TPSA) is 89.0 Å². The van der Waals surface area contributed by atoms with Crippen molar-refractivity contribution in [1.82, 2.24) is 0 Å². The fraction of sp³-hybridized carbons (Fsp3) is 0. The van der Waals surface area contributed by atoms with Crippen LogP contribution < -0.4 is 0 Å². The number of hydrogen-bond acceptors (Lipinski definition) is 1. The van der Waals surface area contributed by atoms with E-state index in [1.165, 1.54) is 0 Å². The third kappa shape index (κ3) is 131. The van der Waals surface area contributed by atoms with E-state index >= 15 is 0 Å². The van der Waals surface area contributed by atoms with Gasteiger partial charge in [-0.25, -0.2) is 4.79 Å². The number of hydrogen-bond donors (Lipinski definition) is 2. The summed E-state index contributed by atoms with van der Waals surface area (Å²) >= 11 is 0. The minimum atomic E-state index is -1.83. The van der Waals surface area contributed by atoms with Crippen LogP contribution in [-0.2, 0) is 0 Å². The quantitative estimate of drug-likeness (QED) is 0.373. The summed E-state index contributed by atoms with van der Waals surface area (Å²) in [5.74, 6) is 0. The fourth-order valence-electron chi connectivity index (χ4n) is 0. The van der Waals surface area contributed by atoms with E-state index in [2.05, 4.69) is 0 Å². The Morgan fingerprint density at radius 2 is 1.14 bits per heavy atom. The Morgan fingerprint density at radius 3 is 1.14 bits per heavy atom. The molecule has 6 heteroatoms. The van der Waals surface area contributed by atoms with Gasteiger partial charge in [0.15, 0.2) is 0 Å². The van der Waals surface area contributed by atoms with Crippen molar-refractivity contribution in [3.8, 4) is 0 Å². The zero-order valence-corrected chi connectivity index (χ0v) is 2.30. The van der Waals surface area contributed by atoms with Gasteiger partial charge in [0.25, 0.3) is 0 Å². The van der Waals surface area contributed by atoms with Crippen molar-refractivity contribution in [2.75, 3.05) is 0 Å². The average Bonchev–Trinajstić information content (AvgIpc) is 0.811. The summed E-state index contributed by atoms with van der Waals surface area (Å²) in [6, 6.07) is 0. The molecule has 0 aliphatic carbocycles. The standard InChI is InChI=1S/CH2O3.2Na.H2O.2H/c2-1(3)4;;;;;/h(H2,2,3,4);;;1H2;;. The van der Waals surface area contributed by atoms with Crippen molar-refractivity contribution < 1.29 is 20.5 Å². The summed E-state index contributed by atoms with van der Waals surface area (Å²) in [7, 11) is 0. The van der Waals surface area contributed by atoms with Crippen LogP contribution in [0.25, 0.3) is 0 Å². The zero-order chi connectivity index (χ0) is 3.58. The van der Waals surface area contributed by atoms with Crippen LogP contribution in [0.4, 0.5) is 4.79 Å². The molecule has 0 atom stereocenters. The van der Waals surface area contributed by atoms with Gasteiger partial charge in [-0.3, -0.25) is 0 Å². The Balaban J connectivity index is -0.0000000150. The molecule has 0 aliphatic heterocycles. The molecule has 0 radical (unpaired) electrons. The fourth-order valence-corrected chi connectivity index (χ4v) is 0. The van der Waals surface area contributed by atoms with E-state index in [1.807, 2.05) is 0 Å². The first-order valence-electron chi connectivity index (χ1n) is 0.651. The SMILES string of the molecule is O.O=C(O)O.[NaH].[NaH]. The molecule has 0 unspecified atom stereocenters. The Morgan fingerprint density at radius 1 is 1.14 bits per heavy atom. The van der Waals surface area contributed by atoms with Gasteiger partial charge >= 0.3 is 65.3 Å². The second kappa shape index (κ2) is 15.7. The van der Waals surface area contributed by atoms with Crippen LogP contribution in [0.3, 0.4) is 0 Å². The van der Waals surface area contributed by atoms with Crippen LogP contribution in [0.15, 0.2) is 0 Å². The van der Waals surface area contributed by atoms with Gasteiger partial charge in [-0.15, -0.1) is 0 Å². The van der Waals surface area contributed by atoms with Crippen LogP contribution in [0.1, 0.15) is 0 Å². The molecule has 0 bridgehead atoms. The van der Waals surface area contributed by atoms with E-state index < -0.39 is 6.16 Å². The molecule has 0 spiro atoms. The Labute approximate surface area is 84.8 Å². The third-order valence-electron chi connectivity index (χ3n) is 0. The molecule has 0 aromatic rings. The van der Waals surface area contributed by atoms with Gasteiger partial charge < -0.3 is 15.7 Å². The second-order valence-electron chi connectivity index (χ2n) is 0.283. The molecule has 0 rings (SSSR count). The Bertz CT molecular complexity index is 32.7. The first-order chi connectivity index (χ1) is 1.73. The molecule has 36 valence electrons. The Kier molecular flexibility index (Phi) is 53.9. The first-order valence-corrected chi connectivity index (χ1v) is 0.651. The molecule has 4 nitrogen and oxygen atoms in total. The van der Waals surface area contributed by atoms with Gasteiger partial charge in [0.2, 0.25) is 0 Å². The number of carbonyl (C=O) groups is 1. The van der Waals surface area contributed by atoms with Gasteiger partial charge in [0, 0.05) is 0 Å². The van der Waals surface area contributed by atoms with Crippen molar-refractivity contribution in [2.45, 2.75) is 0 Å². The van der Waals surface area contributed by atoms with Crippen molar-refractivity contribution in [2.24, 2.45) is 0 Å². The summed E-state index contributed by atoms with van der Waals surface area (Å²) in [6.45, 7) is 0. The van der Waals surface area contributed by atoms with Crippen molar-refractivity contribution in [1.29, 1.82) is 0 Å². The molecule has 0 fully saturated rings. The summed E-state index contributed by atoms with van der Waals surface area (Å²) in [5, 5.41) is 13.9. The van der Waals surface area contributed by atoms with Gasteiger partial charge in [0.05, 0.1) is 0 Å². The maximum atomic E-state index is 8.56. The molecule has 7 heavy (non-hydrogen) atoms. The number of carboxylic acid groups (broad SMARTS) is 2. The maximum absolute atomic E-state index is 8.56. The second-order valence-corrected chi connectivity index (χ2v) is 0.283. The van der Waals surface area contributed by atoms with E-state index in [4.69, 9.17) is 15.0 Å². The van der Waals surface area contributed by atoms with Crippen molar-refractivity contribution in [3.63, 3.8) is 0 Å². The third-order valence-corrected chi connectivity index (χ3v) is 0. The van der Waals surface area contributed by atoms with Gasteiger partial charge in [-0.05, 0) is 0 Å². The van der Waals surface area contributed by atoms with Crippen LogP contribution >= 0.6 is 0 Å². The van der Waals surface area contributed by atoms with Gasteiger partial charge in [-0.1, -0.05) is 0 Å². The molecule has 0 amide bonds. The average molecular weight is 128 g/mol. The van der Waals surface area contributed by atoms with E-state index in [9.17, 15) is 0 Å². The van der Waals surface area contributed by atoms with E-state index in [-0.39, 0.29) is 64.6 Å². The van der Waals surface area contributed by atoms with E-state index in [1.54, 1.807) is 0 Å². The van der Waals surface area contributed by atoms with Crippen molar-refractivity contribution >= 4 is 65.3 Å². The number of rotatable bonds is 0. The molecular formula is CH6Na2O4. The molecular weight excluding hydrogens is 122 g/mol. The monoisotopic (exact) mass is 128 g/mol. The molecule has 0 saturated heterocycles. The minimum absolute atomic E-state index is 0. The van der Waals surface area contributed by atoms with Crippen molar-refractivity contribution in [3.05, 3.63) is 0 Å². The molecule has 0 heterocycles. The summed E-state index contributed by atoms with van der Waals surface area (Å²) in [5.41, 5.74) is 0. The van der Waals surface area contributed by atoms with E-state index in [0.717, 1.165) is 0 Å². The van der Waals surface area contributed by atoms with Crippen LogP contribution in [-0.4, -0.2) is 81.0 Å². The molecule has 0 aromatic carbocycles. The van der Waals surface area contributed by atoms with Crippen LogP contribution in [0, 0.1) is 0 Å². The van der Waals surface area contributed by atoms with E-state index in [0.29, 0.717) is 0 Å². The molecule has 0 aromatic heterocycles. The molecule has 0 aliphatic rings. The summed E-state index contributed by atoms with van der Waals surface area (Å²) < 4.78 is 0. The molecule has 0 saturated carbocycles. The summed E-state index contributed by atoms with van der Waals surface area (Å²) in [6.07, 6.45) is -1.83. The predicted molar refractivity (Wildman–Crippen MR) is 28.6 cm³/mol. The zero-order valence-electron chi connectivity index (χ0n) is 2.30. The van der Waals surface area contributed by atoms with Gasteiger partial charge in [-0.2, -0.15) is 0 Å². The normalized spacial score (nSPS) is 3.43. The van der Waals surface area contributed by atoms with Gasteiger partial charge in [0.1, 0.15) is 0 Å². The predicted octanol–water partition coefficient (Wildman–Crippen LogP) is -1.90. The molecule has 4 N–H and O–H groups in total. The van der Waals surface area contributed by atoms with Crippen LogP contribution in [0.5, 0.6) is 0 Å². The first kappa shape index (κ1) is 24.0. The van der Waals surface area contributed by atoms with Crippen LogP contribution in [0.2, 0.25) is 0 Å².